The molecular weight excluding hydrogens is 260 g/mol. The molecule has 2 nitrogen and oxygen atoms in total. The van der Waals surface area contributed by atoms with Crippen molar-refractivity contribution in [3.63, 3.8) is 0 Å². The molecule has 1 atom stereocenters. The molecule has 0 aliphatic heterocycles. The first kappa shape index (κ1) is 13.5. The number of benzene rings is 2. The predicted molar refractivity (Wildman–Crippen MR) is 82.9 cm³/mol. The molecule has 0 heterocycles. The third kappa shape index (κ3) is 3.00. The monoisotopic (exact) mass is 276 g/mol. The van der Waals surface area contributed by atoms with Gasteiger partial charge in [-0.15, -0.1) is 0 Å². The molecule has 0 spiro atoms. The summed E-state index contributed by atoms with van der Waals surface area (Å²) in [5, 5.41) is 0. The van der Waals surface area contributed by atoms with Crippen molar-refractivity contribution in [3.05, 3.63) is 77.9 Å². The summed E-state index contributed by atoms with van der Waals surface area (Å²) in [6.45, 7) is 0. The van der Waals surface area contributed by atoms with Gasteiger partial charge in [-0.2, -0.15) is 0 Å². The molecule has 0 radical (unpaired) electrons. The molecule has 0 unspecified atom stereocenters. The molecule has 104 valence electrons. The van der Waals surface area contributed by atoms with Crippen LogP contribution in [-0.2, 0) is 4.79 Å². The second kappa shape index (κ2) is 5.88. The Balaban J connectivity index is 1.81. The lowest BCUT2D eigenvalue weighted by Gasteiger charge is -2.14. The third-order valence-corrected chi connectivity index (χ3v) is 3.84. The van der Waals surface area contributed by atoms with Gasteiger partial charge in [-0.05, 0) is 23.1 Å². The van der Waals surface area contributed by atoms with Crippen LogP contribution in [0.1, 0.15) is 28.8 Å². The summed E-state index contributed by atoms with van der Waals surface area (Å²) in [6, 6.07) is 19.1. The first-order chi connectivity index (χ1) is 10.2. The Morgan fingerprint density at radius 3 is 2.24 bits per heavy atom. The van der Waals surface area contributed by atoms with E-state index in [0.717, 1.165) is 11.1 Å². The van der Waals surface area contributed by atoms with Crippen molar-refractivity contribution in [3.8, 4) is 0 Å². The van der Waals surface area contributed by atoms with Crippen LogP contribution in [0.5, 0.6) is 0 Å². The average molecular weight is 276 g/mol. The smallest absolute Gasteiger partial charge is 0.163 e. The van der Waals surface area contributed by atoms with Crippen molar-refractivity contribution < 1.29 is 9.59 Å². The summed E-state index contributed by atoms with van der Waals surface area (Å²) in [4.78, 5) is 24.1. The van der Waals surface area contributed by atoms with Gasteiger partial charge in [0.25, 0.3) is 0 Å². The van der Waals surface area contributed by atoms with Crippen LogP contribution in [0.25, 0.3) is 5.57 Å². The van der Waals surface area contributed by atoms with E-state index in [0.29, 0.717) is 18.4 Å². The van der Waals surface area contributed by atoms with Crippen molar-refractivity contribution in [2.45, 2.75) is 12.8 Å². The van der Waals surface area contributed by atoms with Gasteiger partial charge in [-0.25, -0.2) is 0 Å². The number of hydrogen-bond acceptors (Lipinski definition) is 2. The molecule has 0 saturated carbocycles. The molecule has 0 amide bonds. The van der Waals surface area contributed by atoms with E-state index in [2.05, 4.69) is 0 Å². The fourth-order valence-electron chi connectivity index (χ4n) is 2.80. The van der Waals surface area contributed by atoms with E-state index >= 15 is 0 Å². The van der Waals surface area contributed by atoms with Gasteiger partial charge in [0.2, 0.25) is 0 Å². The minimum absolute atomic E-state index is 0.00685. The Hall–Kier alpha value is -2.48. The molecular formula is C19H16O2. The van der Waals surface area contributed by atoms with E-state index in [1.807, 2.05) is 60.7 Å². The standard InChI is InChI=1S/C19H16O2/c20-17-11-16(12-19(21)15-9-5-2-6-10-15)18(13-17)14-7-3-1-4-8-14/h1-10,13,16H,11-12H2/t16-/m0/s1. The van der Waals surface area contributed by atoms with Gasteiger partial charge in [0.1, 0.15) is 0 Å². The van der Waals surface area contributed by atoms with Crippen LogP contribution in [0.15, 0.2) is 66.7 Å². The quantitative estimate of drug-likeness (QED) is 0.793. The average Bonchev–Trinajstić information content (AvgIpc) is 2.89. The molecule has 0 fully saturated rings. The largest absolute Gasteiger partial charge is 0.295 e. The molecule has 0 saturated heterocycles. The van der Waals surface area contributed by atoms with Gasteiger partial charge in [-0.3, -0.25) is 9.59 Å². The van der Waals surface area contributed by atoms with Crippen molar-refractivity contribution in [2.24, 2.45) is 5.92 Å². The first-order valence-corrected chi connectivity index (χ1v) is 7.12. The lowest BCUT2D eigenvalue weighted by Crippen LogP contribution is -2.09. The Labute approximate surface area is 124 Å². The van der Waals surface area contributed by atoms with Crippen molar-refractivity contribution in [1.82, 2.24) is 0 Å². The van der Waals surface area contributed by atoms with Crippen molar-refractivity contribution in [1.29, 1.82) is 0 Å². The number of carbonyl (C=O) groups is 2. The lowest BCUT2D eigenvalue weighted by atomic mass is 9.89. The number of ketones is 2. The van der Waals surface area contributed by atoms with Gasteiger partial charge in [0, 0.05) is 18.4 Å². The summed E-state index contributed by atoms with van der Waals surface area (Å²) in [5.74, 6) is 0.199. The molecule has 2 heteroatoms. The Morgan fingerprint density at radius 2 is 1.57 bits per heavy atom. The molecule has 0 aromatic heterocycles. The van der Waals surface area contributed by atoms with Crippen LogP contribution in [0.4, 0.5) is 0 Å². The molecule has 1 aliphatic carbocycles. The topological polar surface area (TPSA) is 34.1 Å². The van der Waals surface area contributed by atoms with Crippen LogP contribution in [-0.4, -0.2) is 11.6 Å². The zero-order valence-corrected chi connectivity index (χ0v) is 11.7. The molecule has 0 N–H and O–H groups in total. The maximum absolute atomic E-state index is 12.3. The third-order valence-electron chi connectivity index (χ3n) is 3.84. The minimum Gasteiger partial charge on any atom is -0.295 e. The summed E-state index contributed by atoms with van der Waals surface area (Å²) in [6.07, 6.45) is 2.51. The maximum Gasteiger partial charge on any atom is 0.163 e. The molecule has 1 aliphatic rings. The number of Topliss-reactive ketones (excluding diaryl/α,β-unsaturated/α-hetero) is 1. The zero-order chi connectivity index (χ0) is 14.7. The van der Waals surface area contributed by atoms with E-state index in [1.165, 1.54) is 0 Å². The van der Waals surface area contributed by atoms with E-state index in [9.17, 15) is 9.59 Å². The molecule has 2 aromatic rings. The molecule has 0 bridgehead atoms. The van der Waals surface area contributed by atoms with Gasteiger partial charge < -0.3 is 0 Å². The highest BCUT2D eigenvalue weighted by Crippen LogP contribution is 2.35. The highest BCUT2D eigenvalue weighted by atomic mass is 16.1. The SMILES string of the molecule is O=C1C=C(c2ccccc2)[C@H](CC(=O)c2ccccc2)C1. The summed E-state index contributed by atoms with van der Waals surface area (Å²) >= 11 is 0. The van der Waals surface area contributed by atoms with Crippen LogP contribution in [0, 0.1) is 5.92 Å². The Kier molecular flexibility index (Phi) is 3.78. The maximum atomic E-state index is 12.3. The number of hydrogen-bond donors (Lipinski definition) is 0. The van der Waals surface area contributed by atoms with Crippen LogP contribution >= 0.6 is 0 Å². The van der Waals surface area contributed by atoms with Crippen LogP contribution in [0.2, 0.25) is 0 Å². The second-order valence-electron chi connectivity index (χ2n) is 5.33. The van der Waals surface area contributed by atoms with Gasteiger partial charge in [-0.1, -0.05) is 60.7 Å². The number of allylic oxidation sites excluding steroid dienone is 2. The van der Waals surface area contributed by atoms with E-state index < -0.39 is 0 Å². The van der Waals surface area contributed by atoms with Crippen LogP contribution < -0.4 is 0 Å². The number of rotatable bonds is 4. The fraction of sp³-hybridized carbons (Fsp3) is 0.158. The molecule has 3 rings (SSSR count). The van der Waals surface area contributed by atoms with Crippen molar-refractivity contribution >= 4 is 17.1 Å². The summed E-state index contributed by atoms with van der Waals surface area (Å²) in [5.41, 5.74) is 2.74. The zero-order valence-electron chi connectivity index (χ0n) is 11.7. The fourth-order valence-corrected chi connectivity index (χ4v) is 2.80. The second-order valence-corrected chi connectivity index (χ2v) is 5.33. The summed E-state index contributed by atoms with van der Waals surface area (Å²) in [7, 11) is 0. The molecule has 21 heavy (non-hydrogen) atoms. The van der Waals surface area contributed by atoms with Gasteiger partial charge in [0.15, 0.2) is 11.6 Å². The Morgan fingerprint density at radius 1 is 0.952 bits per heavy atom. The Bertz CT molecular complexity index is 684. The minimum atomic E-state index is -0.00685. The van der Waals surface area contributed by atoms with E-state index in [-0.39, 0.29) is 17.5 Å². The first-order valence-electron chi connectivity index (χ1n) is 7.12. The summed E-state index contributed by atoms with van der Waals surface area (Å²) < 4.78 is 0. The predicted octanol–water partition coefficient (Wildman–Crippen LogP) is 3.93. The van der Waals surface area contributed by atoms with Gasteiger partial charge >= 0.3 is 0 Å². The highest BCUT2D eigenvalue weighted by Gasteiger charge is 2.28. The van der Waals surface area contributed by atoms with E-state index in [4.69, 9.17) is 0 Å². The van der Waals surface area contributed by atoms with E-state index in [1.54, 1.807) is 6.08 Å². The van der Waals surface area contributed by atoms with Gasteiger partial charge in [0.05, 0.1) is 0 Å². The molecule has 2 aromatic carbocycles. The normalized spacial score (nSPS) is 17.6. The lowest BCUT2D eigenvalue weighted by molar-refractivity contribution is -0.114. The highest BCUT2D eigenvalue weighted by molar-refractivity contribution is 6.05. The van der Waals surface area contributed by atoms with Crippen molar-refractivity contribution in [2.75, 3.05) is 0 Å². The van der Waals surface area contributed by atoms with Crippen LogP contribution in [0.3, 0.4) is 0 Å². The number of carbonyl (C=O) groups excluding carboxylic acids is 2.